The van der Waals surface area contributed by atoms with Crippen LogP contribution < -0.4 is 14.5 Å². The molecule has 0 bridgehead atoms. The summed E-state index contributed by atoms with van der Waals surface area (Å²) in [6.07, 6.45) is 0. The van der Waals surface area contributed by atoms with Crippen molar-refractivity contribution in [3.63, 3.8) is 0 Å². The van der Waals surface area contributed by atoms with Crippen LogP contribution in [-0.4, -0.2) is 46.8 Å². The first-order valence-corrected chi connectivity index (χ1v) is 16.8. The number of fused-ring (bicyclic) bond motifs is 2. The lowest BCUT2D eigenvalue weighted by Crippen LogP contribution is -2.29. The molecule has 0 radical (unpaired) electrons. The number of rotatable bonds is 10. The third-order valence-electron chi connectivity index (χ3n) is 9.21. The molecular formula is C44H24N2O9. The van der Waals surface area contributed by atoms with Crippen molar-refractivity contribution in [1.29, 1.82) is 0 Å². The molecule has 2 heterocycles. The third kappa shape index (κ3) is 6.01. The fourth-order valence-corrected chi connectivity index (χ4v) is 6.40. The van der Waals surface area contributed by atoms with E-state index in [1.54, 1.807) is 36.4 Å². The van der Waals surface area contributed by atoms with Gasteiger partial charge in [-0.05, 0) is 84.9 Å². The molecule has 0 atom stereocenters. The van der Waals surface area contributed by atoms with Crippen LogP contribution in [0.4, 0.5) is 11.4 Å². The molecule has 0 spiro atoms. The van der Waals surface area contributed by atoms with Gasteiger partial charge in [0.15, 0.2) is 0 Å². The second kappa shape index (κ2) is 13.6. The number of Topliss-reactive ketones (excluding diaryl/α,β-unsaturated/α-hetero) is 4. The Hall–Kier alpha value is -7.92. The number of hydrogen-bond donors (Lipinski definition) is 0. The van der Waals surface area contributed by atoms with Gasteiger partial charge in [0, 0.05) is 22.3 Å². The summed E-state index contributed by atoms with van der Waals surface area (Å²) in [6, 6.07) is 36.0. The topological polar surface area (TPSA) is 152 Å². The molecule has 6 aromatic carbocycles. The van der Waals surface area contributed by atoms with E-state index in [1.165, 1.54) is 109 Å². The summed E-state index contributed by atoms with van der Waals surface area (Å²) in [4.78, 5) is 106. The Morgan fingerprint density at radius 2 is 0.655 bits per heavy atom. The maximum absolute atomic E-state index is 13.5. The minimum atomic E-state index is -0.729. The highest BCUT2D eigenvalue weighted by Crippen LogP contribution is 2.35. The van der Waals surface area contributed by atoms with Crippen LogP contribution in [0.1, 0.15) is 82.9 Å². The summed E-state index contributed by atoms with van der Waals surface area (Å²) in [7, 11) is 0. The van der Waals surface area contributed by atoms with E-state index in [1.807, 2.05) is 0 Å². The number of hydrogen-bond acceptors (Lipinski definition) is 9. The zero-order valence-electron chi connectivity index (χ0n) is 28.4. The first-order chi connectivity index (χ1) is 26.6. The van der Waals surface area contributed by atoms with E-state index in [-0.39, 0.29) is 67.4 Å². The van der Waals surface area contributed by atoms with Crippen LogP contribution in [0.2, 0.25) is 0 Å². The third-order valence-corrected chi connectivity index (χ3v) is 9.21. The van der Waals surface area contributed by atoms with Gasteiger partial charge in [0.2, 0.25) is 23.1 Å². The van der Waals surface area contributed by atoms with E-state index in [9.17, 15) is 38.4 Å². The van der Waals surface area contributed by atoms with E-state index < -0.39 is 46.8 Å². The van der Waals surface area contributed by atoms with Crippen LogP contribution in [-0.2, 0) is 0 Å². The summed E-state index contributed by atoms with van der Waals surface area (Å²) in [5.74, 6) is -4.91. The number of carbonyl (C=O) groups excluding carboxylic acids is 8. The van der Waals surface area contributed by atoms with Gasteiger partial charge in [-0.15, -0.1) is 0 Å². The maximum atomic E-state index is 13.5. The van der Waals surface area contributed by atoms with Crippen LogP contribution in [0.15, 0.2) is 146 Å². The summed E-state index contributed by atoms with van der Waals surface area (Å²) >= 11 is 0. The van der Waals surface area contributed by atoms with E-state index >= 15 is 0 Å². The van der Waals surface area contributed by atoms with E-state index in [0.29, 0.717) is 0 Å². The van der Waals surface area contributed by atoms with Crippen molar-refractivity contribution < 1.29 is 43.1 Å². The van der Waals surface area contributed by atoms with Gasteiger partial charge in [0.05, 0.1) is 33.6 Å². The standard InChI is InChI=1S/C44H24N2O9/c47-37(25-7-3-1-4-8-25)39(49)27-11-15-29(16-12-27)45-41(51)33-21-19-31(23-35(33)43(45)53)55-32-20-22-34-36(24-32)44(54)46(42(34)52)30-17-13-28(14-18-30)40(50)38(48)26-9-5-2-6-10-26/h1-24H. The van der Waals surface area contributed by atoms with E-state index in [4.69, 9.17) is 4.74 Å². The molecule has 2 aliphatic rings. The van der Waals surface area contributed by atoms with Gasteiger partial charge in [0.1, 0.15) is 11.5 Å². The first-order valence-electron chi connectivity index (χ1n) is 16.8. The number of imide groups is 2. The number of ketones is 4. The minimum absolute atomic E-state index is 0.0629. The van der Waals surface area contributed by atoms with Crippen molar-refractivity contribution >= 4 is 58.1 Å². The molecule has 0 saturated heterocycles. The molecule has 55 heavy (non-hydrogen) atoms. The average Bonchev–Trinajstić information content (AvgIpc) is 3.63. The molecule has 0 aromatic heterocycles. The maximum Gasteiger partial charge on any atom is 0.266 e. The van der Waals surface area contributed by atoms with E-state index in [0.717, 1.165) is 9.80 Å². The monoisotopic (exact) mass is 724 g/mol. The Morgan fingerprint density at radius 3 is 1.00 bits per heavy atom. The number of benzene rings is 6. The normalized spacial score (nSPS) is 13.1. The van der Waals surface area contributed by atoms with Gasteiger partial charge < -0.3 is 4.74 Å². The van der Waals surface area contributed by atoms with Gasteiger partial charge in [-0.2, -0.15) is 0 Å². The lowest BCUT2D eigenvalue weighted by atomic mass is 10.0. The molecule has 4 amide bonds. The SMILES string of the molecule is O=C(C(=O)c1ccc(N2C(=O)c3ccc(Oc4ccc5c(c4)C(=O)N(c4ccc(C(=O)C(=O)c6ccccc6)cc4)C5=O)cc3C2=O)cc1)c1ccccc1. The quantitative estimate of drug-likeness (QED) is 0.0811. The predicted molar refractivity (Wildman–Crippen MR) is 198 cm³/mol. The van der Waals surface area contributed by atoms with Crippen molar-refractivity contribution in [1.82, 2.24) is 0 Å². The molecule has 2 aliphatic heterocycles. The first kappa shape index (κ1) is 34.2. The highest BCUT2D eigenvalue weighted by Gasteiger charge is 2.39. The Labute approximate surface area is 312 Å². The van der Waals surface area contributed by atoms with Gasteiger partial charge >= 0.3 is 0 Å². The molecular weight excluding hydrogens is 700 g/mol. The number of anilines is 2. The van der Waals surface area contributed by atoms with E-state index in [2.05, 4.69) is 0 Å². The summed E-state index contributed by atoms with van der Waals surface area (Å²) in [5.41, 5.74) is 1.46. The average molecular weight is 725 g/mol. The smallest absolute Gasteiger partial charge is 0.266 e. The summed E-state index contributed by atoms with van der Waals surface area (Å²) in [5, 5.41) is 0. The van der Waals surface area contributed by atoms with Crippen molar-refractivity contribution in [2.24, 2.45) is 0 Å². The molecule has 8 rings (SSSR count). The van der Waals surface area contributed by atoms with Crippen molar-refractivity contribution in [2.45, 2.75) is 0 Å². The van der Waals surface area contributed by atoms with Crippen molar-refractivity contribution in [2.75, 3.05) is 9.80 Å². The fraction of sp³-hybridized carbons (Fsp3) is 0. The van der Waals surface area contributed by atoms with Crippen LogP contribution in [0.25, 0.3) is 0 Å². The fourth-order valence-electron chi connectivity index (χ4n) is 6.40. The molecule has 11 nitrogen and oxygen atoms in total. The van der Waals surface area contributed by atoms with Gasteiger partial charge in [-0.3, -0.25) is 38.4 Å². The molecule has 264 valence electrons. The molecule has 0 N–H and O–H groups in total. The zero-order chi connectivity index (χ0) is 38.4. The number of ether oxygens (including phenoxy) is 1. The molecule has 0 saturated carbocycles. The second-order valence-corrected chi connectivity index (χ2v) is 12.6. The van der Waals surface area contributed by atoms with Crippen LogP contribution >= 0.6 is 0 Å². The molecule has 6 aromatic rings. The lowest BCUT2D eigenvalue weighted by molar-refractivity contribution is 0.0817. The minimum Gasteiger partial charge on any atom is -0.457 e. The summed E-state index contributed by atoms with van der Waals surface area (Å²) < 4.78 is 5.98. The van der Waals surface area contributed by atoms with Crippen LogP contribution in [0.5, 0.6) is 11.5 Å². The van der Waals surface area contributed by atoms with Crippen molar-refractivity contribution in [3.05, 3.63) is 190 Å². The van der Waals surface area contributed by atoms with Crippen LogP contribution in [0, 0.1) is 0 Å². The summed E-state index contributed by atoms with van der Waals surface area (Å²) in [6.45, 7) is 0. The zero-order valence-corrected chi connectivity index (χ0v) is 28.4. The molecule has 0 unspecified atom stereocenters. The molecule has 0 aliphatic carbocycles. The number of nitrogens with zero attached hydrogens (tertiary/aromatic N) is 2. The van der Waals surface area contributed by atoms with Gasteiger partial charge in [0.25, 0.3) is 23.6 Å². The highest BCUT2D eigenvalue weighted by molar-refractivity contribution is 6.50. The van der Waals surface area contributed by atoms with Gasteiger partial charge in [-0.1, -0.05) is 60.7 Å². The van der Waals surface area contributed by atoms with Crippen LogP contribution in [0.3, 0.4) is 0 Å². The highest BCUT2D eigenvalue weighted by atomic mass is 16.5. The Balaban J connectivity index is 0.963. The Bertz CT molecular complexity index is 2470. The largest absolute Gasteiger partial charge is 0.457 e. The predicted octanol–water partition coefficient (Wildman–Crippen LogP) is 7.21. The Morgan fingerprint density at radius 1 is 0.345 bits per heavy atom. The Kier molecular flexibility index (Phi) is 8.43. The number of amides is 4. The van der Waals surface area contributed by atoms with Gasteiger partial charge in [-0.25, -0.2) is 9.80 Å². The molecule has 11 heteroatoms. The van der Waals surface area contributed by atoms with Crippen molar-refractivity contribution in [3.8, 4) is 11.5 Å². The lowest BCUT2D eigenvalue weighted by Gasteiger charge is -2.14. The molecule has 0 fully saturated rings. The second-order valence-electron chi connectivity index (χ2n) is 12.6. The number of carbonyl (C=O) groups is 8.